The Bertz CT molecular complexity index is 1190. The lowest BCUT2D eigenvalue weighted by Crippen LogP contribution is -2.08. The average molecular weight is 394 g/mol. The molecule has 0 saturated carbocycles. The van der Waals surface area contributed by atoms with Gasteiger partial charge in [-0.1, -0.05) is 24.3 Å². The van der Waals surface area contributed by atoms with Gasteiger partial charge in [0.2, 0.25) is 0 Å². The standard InChI is InChI=1S/C23H17F3N2O/c1-28-12-11-17-14-16(7-10-21(17)28)19-3-2-4-20(27-19)22(29)13-15-5-8-18(9-6-15)23(24,25)26/h2-12,14H,13H2,1H3. The molecule has 0 aliphatic carbocycles. The largest absolute Gasteiger partial charge is 0.416 e. The molecule has 0 N–H and O–H groups in total. The Balaban J connectivity index is 1.56. The van der Waals surface area contributed by atoms with Crippen molar-refractivity contribution < 1.29 is 18.0 Å². The Morgan fingerprint density at radius 2 is 1.76 bits per heavy atom. The van der Waals surface area contributed by atoms with Gasteiger partial charge in [-0.3, -0.25) is 4.79 Å². The predicted octanol–water partition coefficient (Wildman–Crippen LogP) is 5.68. The number of hydrogen-bond acceptors (Lipinski definition) is 2. The lowest BCUT2D eigenvalue weighted by atomic mass is 10.0. The Kier molecular flexibility index (Phi) is 4.70. The molecule has 2 aromatic carbocycles. The zero-order valence-electron chi connectivity index (χ0n) is 15.6. The van der Waals surface area contributed by atoms with Gasteiger partial charge >= 0.3 is 6.18 Å². The second kappa shape index (κ2) is 7.20. The van der Waals surface area contributed by atoms with Crippen LogP contribution < -0.4 is 0 Å². The molecule has 0 unspecified atom stereocenters. The van der Waals surface area contributed by atoms with Crippen molar-refractivity contribution in [1.29, 1.82) is 0 Å². The van der Waals surface area contributed by atoms with E-state index in [1.165, 1.54) is 12.1 Å². The highest BCUT2D eigenvalue weighted by Gasteiger charge is 2.30. The van der Waals surface area contributed by atoms with E-state index in [0.717, 1.165) is 28.6 Å². The second-order valence-electron chi connectivity index (χ2n) is 6.90. The van der Waals surface area contributed by atoms with Crippen LogP contribution >= 0.6 is 0 Å². The molecule has 4 aromatic rings. The van der Waals surface area contributed by atoms with E-state index >= 15 is 0 Å². The normalized spacial score (nSPS) is 11.7. The van der Waals surface area contributed by atoms with Crippen molar-refractivity contribution >= 4 is 16.7 Å². The van der Waals surface area contributed by atoms with Crippen molar-refractivity contribution in [3.05, 3.63) is 89.7 Å². The molecule has 2 heterocycles. The van der Waals surface area contributed by atoms with Crippen LogP contribution in [-0.4, -0.2) is 15.3 Å². The van der Waals surface area contributed by atoms with Crippen LogP contribution in [0.4, 0.5) is 13.2 Å². The van der Waals surface area contributed by atoms with Crippen molar-refractivity contribution in [1.82, 2.24) is 9.55 Å². The van der Waals surface area contributed by atoms with E-state index in [9.17, 15) is 18.0 Å². The lowest BCUT2D eigenvalue weighted by molar-refractivity contribution is -0.137. The summed E-state index contributed by atoms with van der Waals surface area (Å²) < 4.78 is 40.0. The number of Topliss-reactive ketones (excluding diaryl/α,β-unsaturated/α-hetero) is 1. The maximum atomic E-state index is 12.7. The van der Waals surface area contributed by atoms with Crippen LogP contribution in [-0.2, 0) is 19.6 Å². The monoisotopic (exact) mass is 394 g/mol. The minimum Gasteiger partial charge on any atom is -0.351 e. The molecule has 0 atom stereocenters. The molecule has 0 aliphatic rings. The maximum absolute atomic E-state index is 12.7. The van der Waals surface area contributed by atoms with E-state index in [4.69, 9.17) is 0 Å². The van der Waals surface area contributed by atoms with E-state index in [1.54, 1.807) is 12.1 Å². The highest BCUT2D eigenvalue weighted by atomic mass is 19.4. The molecular weight excluding hydrogens is 377 g/mol. The molecule has 3 nitrogen and oxygen atoms in total. The summed E-state index contributed by atoms with van der Waals surface area (Å²) in [5, 5.41) is 1.08. The molecule has 6 heteroatoms. The molecule has 4 rings (SSSR count). The van der Waals surface area contributed by atoms with Crippen LogP contribution in [0.25, 0.3) is 22.2 Å². The van der Waals surface area contributed by atoms with Crippen molar-refractivity contribution in [2.45, 2.75) is 12.6 Å². The van der Waals surface area contributed by atoms with Gasteiger partial charge in [-0.05, 0) is 48.0 Å². The quantitative estimate of drug-likeness (QED) is 0.417. The molecule has 0 saturated heterocycles. The zero-order chi connectivity index (χ0) is 20.6. The van der Waals surface area contributed by atoms with Crippen molar-refractivity contribution in [3.63, 3.8) is 0 Å². The Hall–Kier alpha value is -3.41. The minimum absolute atomic E-state index is 0.00763. The lowest BCUT2D eigenvalue weighted by Gasteiger charge is -2.08. The Labute approximate surface area is 165 Å². The molecular formula is C23H17F3N2O. The van der Waals surface area contributed by atoms with Crippen molar-refractivity contribution in [2.75, 3.05) is 0 Å². The van der Waals surface area contributed by atoms with E-state index < -0.39 is 11.7 Å². The number of hydrogen-bond donors (Lipinski definition) is 0. The average Bonchev–Trinajstić information content (AvgIpc) is 3.08. The summed E-state index contributed by atoms with van der Waals surface area (Å²) in [6, 6.07) is 17.8. The number of carbonyl (C=O) groups excluding carboxylic acids is 1. The van der Waals surface area contributed by atoms with Gasteiger partial charge < -0.3 is 4.57 Å². The van der Waals surface area contributed by atoms with E-state index in [-0.39, 0.29) is 17.9 Å². The highest BCUT2D eigenvalue weighted by Crippen LogP contribution is 2.29. The molecule has 146 valence electrons. The van der Waals surface area contributed by atoms with Gasteiger partial charge in [0.15, 0.2) is 5.78 Å². The third-order valence-corrected chi connectivity index (χ3v) is 4.86. The van der Waals surface area contributed by atoms with Crippen LogP contribution in [0.5, 0.6) is 0 Å². The molecule has 0 fully saturated rings. The number of ketones is 1. The number of rotatable bonds is 4. The second-order valence-corrected chi connectivity index (χ2v) is 6.90. The molecule has 2 aromatic heterocycles. The highest BCUT2D eigenvalue weighted by molar-refractivity contribution is 5.96. The van der Waals surface area contributed by atoms with Crippen LogP contribution in [0.1, 0.15) is 21.6 Å². The summed E-state index contributed by atoms with van der Waals surface area (Å²) in [5.74, 6) is -0.243. The SMILES string of the molecule is Cn1ccc2cc(-c3cccc(C(=O)Cc4ccc(C(F)(F)F)cc4)n3)ccc21. The first-order valence-electron chi connectivity index (χ1n) is 9.03. The van der Waals surface area contributed by atoms with Crippen LogP contribution in [0.3, 0.4) is 0 Å². The first-order chi connectivity index (χ1) is 13.8. The van der Waals surface area contributed by atoms with Gasteiger partial charge in [-0.25, -0.2) is 4.98 Å². The first-order valence-corrected chi connectivity index (χ1v) is 9.03. The fourth-order valence-electron chi connectivity index (χ4n) is 3.28. The number of pyridine rings is 1. The number of nitrogens with zero attached hydrogens (tertiary/aromatic N) is 2. The van der Waals surface area contributed by atoms with Crippen molar-refractivity contribution in [2.24, 2.45) is 7.05 Å². The van der Waals surface area contributed by atoms with E-state index in [1.807, 2.05) is 48.1 Å². The molecule has 0 radical (unpaired) electrons. The summed E-state index contributed by atoms with van der Waals surface area (Å²) in [4.78, 5) is 17.1. The predicted molar refractivity (Wildman–Crippen MR) is 106 cm³/mol. The fourth-order valence-corrected chi connectivity index (χ4v) is 3.28. The smallest absolute Gasteiger partial charge is 0.351 e. The third-order valence-electron chi connectivity index (χ3n) is 4.86. The number of halogens is 3. The van der Waals surface area contributed by atoms with Gasteiger partial charge in [0.25, 0.3) is 0 Å². The van der Waals surface area contributed by atoms with Gasteiger partial charge in [-0.15, -0.1) is 0 Å². The fraction of sp³-hybridized carbons (Fsp3) is 0.130. The Morgan fingerprint density at radius 1 is 1.00 bits per heavy atom. The molecule has 0 amide bonds. The molecule has 0 bridgehead atoms. The van der Waals surface area contributed by atoms with Gasteiger partial charge in [0, 0.05) is 36.1 Å². The molecule has 0 aliphatic heterocycles. The Morgan fingerprint density at radius 3 is 2.48 bits per heavy atom. The van der Waals surface area contributed by atoms with E-state index in [0.29, 0.717) is 11.3 Å². The minimum atomic E-state index is -4.39. The van der Waals surface area contributed by atoms with Crippen LogP contribution in [0.15, 0.2) is 72.9 Å². The van der Waals surface area contributed by atoms with Gasteiger partial charge in [-0.2, -0.15) is 13.2 Å². The number of alkyl halides is 3. The number of carbonyl (C=O) groups is 1. The van der Waals surface area contributed by atoms with E-state index in [2.05, 4.69) is 4.98 Å². The first kappa shape index (κ1) is 18.9. The molecule has 29 heavy (non-hydrogen) atoms. The van der Waals surface area contributed by atoms with Gasteiger partial charge in [0.1, 0.15) is 5.69 Å². The number of fused-ring (bicyclic) bond motifs is 1. The number of aryl methyl sites for hydroxylation is 1. The number of aromatic nitrogens is 2. The van der Waals surface area contributed by atoms with Crippen LogP contribution in [0.2, 0.25) is 0 Å². The number of benzene rings is 2. The van der Waals surface area contributed by atoms with Gasteiger partial charge in [0.05, 0.1) is 11.3 Å². The topological polar surface area (TPSA) is 34.9 Å². The summed E-state index contributed by atoms with van der Waals surface area (Å²) in [7, 11) is 1.97. The third kappa shape index (κ3) is 3.92. The summed E-state index contributed by atoms with van der Waals surface area (Å²) in [5.41, 5.74) is 2.74. The molecule has 0 spiro atoms. The summed E-state index contributed by atoms with van der Waals surface area (Å²) in [6.45, 7) is 0. The summed E-state index contributed by atoms with van der Waals surface area (Å²) in [6.07, 6.45) is -2.42. The van der Waals surface area contributed by atoms with Crippen molar-refractivity contribution in [3.8, 4) is 11.3 Å². The zero-order valence-corrected chi connectivity index (χ0v) is 15.6. The maximum Gasteiger partial charge on any atom is 0.416 e. The summed E-state index contributed by atoms with van der Waals surface area (Å²) >= 11 is 0. The van der Waals surface area contributed by atoms with Crippen LogP contribution in [0, 0.1) is 0 Å².